The third kappa shape index (κ3) is 7.97. The molecule has 0 radical (unpaired) electrons. The SMILES string of the molecule is CN=C(NCCCn1cccn1)NCc1ccc(OC)cc1OC(F)F.I. The second kappa shape index (κ2) is 12.3. The number of rotatable bonds is 9. The number of hydrogen-bond donors (Lipinski definition) is 2. The standard InChI is InChI=1S/C17H23F2N5O2.HI/c1-20-17(21-7-3-9-24-10-4-8-23-24)22-12-13-5-6-14(25-2)11-15(13)26-16(18)19;/h4-6,8,10-11,16H,3,7,9,12H2,1-2H3,(H2,20,21,22);1H. The van der Waals surface area contributed by atoms with Crippen LogP contribution in [0.4, 0.5) is 8.78 Å². The molecule has 1 aromatic heterocycles. The average molecular weight is 495 g/mol. The molecule has 0 aliphatic carbocycles. The van der Waals surface area contributed by atoms with Crippen molar-refractivity contribution < 1.29 is 18.3 Å². The van der Waals surface area contributed by atoms with Crippen LogP contribution in [-0.4, -0.2) is 43.1 Å². The van der Waals surface area contributed by atoms with Crippen molar-refractivity contribution in [1.82, 2.24) is 20.4 Å². The van der Waals surface area contributed by atoms with Crippen LogP contribution in [0.25, 0.3) is 0 Å². The average Bonchev–Trinajstić information content (AvgIpc) is 3.15. The first-order valence-electron chi connectivity index (χ1n) is 8.16. The monoisotopic (exact) mass is 495 g/mol. The van der Waals surface area contributed by atoms with E-state index >= 15 is 0 Å². The molecule has 0 aliphatic heterocycles. The summed E-state index contributed by atoms with van der Waals surface area (Å²) in [5.74, 6) is 1.09. The van der Waals surface area contributed by atoms with Gasteiger partial charge in [-0.05, 0) is 24.6 Å². The summed E-state index contributed by atoms with van der Waals surface area (Å²) in [6, 6.07) is 6.68. The van der Waals surface area contributed by atoms with Gasteiger partial charge in [0.25, 0.3) is 0 Å². The molecule has 150 valence electrons. The zero-order chi connectivity index (χ0) is 18.8. The Morgan fingerprint density at radius 3 is 2.78 bits per heavy atom. The fourth-order valence-corrected chi connectivity index (χ4v) is 2.29. The normalized spacial score (nSPS) is 11.1. The fraction of sp³-hybridized carbons (Fsp3) is 0.412. The highest BCUT2D eigenvalue weighted by molar-refractivity contribution is 14.0. The van der Waals surface area contributed by atoms with Gasteiger partial charge < -0.3 is 20.1 Å². The molecule has 0 unspecified atom stereocenters. The molecule has 0 saturated carbocycles. The maximum atomic E-state index is 12.6. The number of aryl methyl sites for hydroxylation is 1. The van der Waals surface area contributed by atoms with Gasteiger partial charge >= 0.3 is 6.61 Å². The highest BCUT2D eigenvalue weighted by Gasteiger charge is 2.11. The molecule has 0 spiro atoms. The lowest BCUT2D eigenvalue weighted by Gasteiger charge is -2.15. The fourth-order valence-electron chi connectivity index (χ4n) is 2.29. The van der Waals surface area contributed by atoms with Crippen molar-refractivity contribution in [1.29, 1.82) is 0 Å². The lowest BCUT2D eigenvalue weighted by Crippen LogP contribution is -2.37. The van der Waals surface area contributed by atoms with Crippen LogP contribution in [0.2, 0.25) is 0 Å². The van der Waals surface area contributed by atoms with Gasteiger partial charge in [0, 0.05) is 50.7 Å². The van der Waals surface area contributed by atoms with Gasteiger partial charge in [-0.2, -0.15) is 13.9 Å². The van der Waals surface area contributed by atoms with Gasteiger partial charge in [0.2, 0.25) is 0 Å². The van der Waals surface area contributed by atoms with Crippen LogP contribution >= 0.6 is 24.0 Å². The third-order valence-electron chi connectivity index (χ3n) is 3.58. The Labute approximate surface area is 174 Å². The van der Waals surface area contributed by atoms with E-state index in [2.05, 4.69) is 25.5 Å². The minimum absolute atomic E-state index is 0. The topological polar surface area (TPSA) is 72.7 Å². The van der Waals surface area contributed by atoms with Crippen LogP contribution in [-0.2, 0) is 13.1 Å². The predicted molar refractivity (Wildman–Crippen MR) is 110 cm³/mol. The largest absolute Gasteiger partial charge is 0.497 e. The lowest BCUT2D eigenvalue weighted by molar-refractivity contribution is -0.0505. The van der Waals surface area contributed by atoms with E-state index in [9.17, 15) is 8.78 Å². The molecular weight excluding hydrogens is 471 g/mol. The molecular formula is C17H24F2IN5O2. The van der Waals surface area contributed by atoms with Gasteiger partial charge in [-0.1, -0.05) is 0 Å². The highest BCUT2D eigenvalue weighted by Crippen LogP contribution is 2.26. The molecule has 27 heavy (non-hydrogen) atoms. The van der Waals surface area contributed by atoms with E-state index < -0.39 is 6.61 Å². The number of aromatic nitrogens is 2. The zero-order valence-corrected chi connectivity index (χ0v) is 17.5. The molecule has 1 aromatic carbocycles. The molecule has 2 rings (SSSR count). The molecule has 2 N–H and O–H groups in total. The summed E-state index contributed by atoms with van der Waals surface area (Å²) in [6.07, 6.45) is 4.51. The van der Waals surface area contributed by atoms with Gasteiger partial charge in [-0.3, -0.25) is 9.67 Å². The first-order chi connectivity index (χ1) is 12.6. The summed E-state index contributed by atoms with van der Waals surface area (Å²) in [5.41, 5.74) is 0.575. The van der Waals surface area contributed by atoms with Gasteiger partial charge in [0.1, 0.15) is 11.5 Å². The Hall–Kier alpha value is -2.11. The summed E-state index contributed by atoms with van der Waals surface area (Å²) in [7, 11) is 3.11. The van der Waals surface area contributed by atoms with Crippen LogP contribution in [0.3, 0.4) is 0 Å². The van der Waals surface area contributed by atoms with E-state index in [4.69, 9.17) is 4.74 Å². The minimum atomic E-state index is -2.90. The molecule has 0 atom stereocenters. The number of alkyl halides is 2. The van der Waals surface area contributed by atoms with Crippen molar-refractivity contribution in [2.45, 2.75) is 26.1 Å². The van der Waals surface area contributed by atoms with Gasteiger partial charge in [0.05, 0.1) is 7.11 Å². The van der Waals surface area contributed by atoms with E-state index in [0.29, 0.717) is 23.8 Å². The number of nitrogens with one attached hydrogen (secondary N) is 2. The predicted octanol–water partition coefficient (Wildman–Crippen LogP) is 2.87. The van der Waals surface area contributed by atoms with Gasteiger partial charge in [0.15, 0.2) is 5.96 Å². The Kier molecular flexibility index (Phi) is 10.5. The number of methoxy groups -OCH3 is 1. The minimum Gasteiger partial charge on any atom is -0.497 e. The van der Waals surface area contributed by atoms with E-state index in [-0.39, 0.29) is 36.3 Å². The van der Waals surface area contributed by atoms with Crippen LogP contribution in [0.1, 0.15) is 12.0 Å². The summed E-state index contributed by atoms with van der Waals surface area (Å²) in [6.45, 7) is -1.13. The number of ether oxygens (including phenoxy) is 2. The Bertz CT molecular complexity index is 699. The van der Waals surface area contributed by atoms with E-state index in [1.807, 2.05) is 16.9 Å². The molecule has 0 saturated heterocycles. The Morgan fingerprint density at radius 1 is 1.33 bits per heavy atom. The number of hydrogen-bond acceptors (Lipinski definition) is 4. The highest BCUT2D eigenvalue weighted by atomic mass is 127. The first kappa shape index (κ1) is 22.9. The van der Waals surface area contributed by atoms with E-state index in [0.717, 1.165) is 13.0 Å². The Morgan fingerprint density at radius 2 is 2.15 bits per heavy atom. The number of nitrogens with zero attached hydrogens (tertiary/aromatic N) is 3. The summed E-state index contributed by atoms with van der Waals surface area (Å²) >= 11 is 0. The number of halogens is 3. The van der Waals surface area contributed by atoms with Crippen molar-refractivity contribution in [2.75, 3.05) is 20.7 Å². The summed E-state index contributed by atoms with van der Waals surface area (Å²) in [5, 5.41) is 10.4. The van der Waals surface area contributed by atoms with Crippen LogP contribution < -0.4 is 20.1 Å². The molecule has 10 heteroatoms. The summed E-state index contributed by atoms with van der Waals surface area (Å²) < 4.78 is 36.7. The summed E-state index contributed by atoms with van der Waals surface area (Å²) in [4.78, 5) is 4.12. The van der Waals surface area contributed by atoms with Crippen molar-refractivity contribution >= 4 is 29.9 Å². The van der Waals surface area contributed by atoms with Crippen LogP contribution in [0.5, 0.6) is 11.5 Å². The third-order valence-corrected chi connectivity index (χ3v) is 3.58. The van der Waals surface area contributed by atoms with Gasteiger partial charge in [-0.15, -0.1) is 24.0 Å². The van der Waals surface area contributed by atoms with Gasteiger partial charge in [-0.25, -0.2) is 0 Å². The van der Waals surface area contributed by atoms with Crippen LogP contribution in [0, 0.1) is 0 Å². The number of aliphatic imine (C=N–C) groups is 1. The second-order valence-electron chi connectivity index (χ2n) is 5.33. The number of benzene rings is 1. The molecule has 2 aromatic rings. The molecule has 0 aliphatic rings. The maximum Gasteiger partial charge on any atom is 0.387 e. The van der Waals surface area contributed by atoms with Crippen molar-refractivity contribution in [3.63, 3.8) is 0 Å². The van der Waals surface area contributed by atoms with Crippen molar-refractivity contribution in [3.05, 3.63) is 42.2 Å². The van der Waals surface area contributed by atoms with E-state index in [1.54, 1.807) is 25.4 Å². The Balaban J connectivity index is 0.00000364. The molecule has 0 bridgehead atoms. The second-order valence-corrected chi connectivity index (χ2v) is 5.33. The van der Waals surface area contributed by atoms with Crippen molar-refractivity contribution in [2.24, 2.45) is 4.99 Å². The molecule has 7 nitrogen and oxygen atoms in total. The molecule has 0 fully saturated rings. The number of guanidine groups is 1. The lowest BCUT2D eigenvalue weighted by atomic mass is 10.2. The maximum absolute atomic E-state index is 12.6. The quantitative estimate of drug-likeness (QED) is 0.242. The molecule has 0 amide bonds. The first-order valence-corrected chi connectivity index (χ1v) is 8.16. The zero-order valence-electron chi connectivity index (χ0n) is 15.2. The van der Waals surface area contributed by atoms with Crippen molar-refractivity contribution in [3.8, 4) is 11.5 Å². The molecule has 1 heterocycles. The smallest absolute Gasteiger partial charge is 0.387 e. The van der Waals surface area contributed by atoms with E-state index in [1.165, 1.54) is 13.2 Å². The van der Waals surface area contributed by atoms with Crippen LogP contribution in [0.15, 0.2) is 41.7 Å².